The lowest BCUT2D eigenvalue weighted by Crippen LogP contribution is -2.25. The molecule has 2 aliphatic rings. The van der Waals surface area contributed by atoms with Gasteiger partial charge in [-0.1, -0.05) is 12.1 Å². The number of carbonyl (C=O) groups is 2. The molecule has 0 saturated heterocycles. The van der Waals surface area contributed by atoms with Crippen molar-refractivity contribution in [1.82, 2.24) is 0 Å². The molecule has 0 amide bonds. The molecule has 29 heavy (non-hydrogen) atoms. The normalized spacial score (nSPS) is 15.3. The zero-order valence-electron chi connectivity index (χ0n) is 15.8. The van der Waals surface area contributed by atoms with Gasteiger partial charge in [0.05, 0.1) is 11.0 Å². The number of hydrogen-bond acceptors (Lipinski definition) is 7. The number of carbonyl (C=O) groups excluding carboxylic acids is 2. The van der Waals surface area contributed by atoms with Crippen LogP contribution in [0.5, 0.6) is 11.5 Å². The zero-order chi connectivity index (χ0) is 20.5. The van der Waals surface area contributed by atoms with E-state index < -0.39 is 22.7 Å². The fourth-order valence-corrected chi connectivity index (χ4v) is 3.63. The van der Waals surface area contributed by atoms with Gasteiger partial charge in [-0.3, -0.25) is 14.9 Å². The van der Waals surface area contributed by atoms with Crippen LogP contribution in [0.1, 0.15) is 45.2 Å². The van der Waals surface area contributed by atoms with Crippen LogP contribution >= 0.6 is 0 Å². The highest BCUT2D eigenvalue weighted by atomic mass is 16.6. The van der Waals surface area contributed by atoms with Gasteiger partial charge in [-0.25, -0.2) is 4.79 Å². The second kappa shape index (κ2) is 7.54. The molecule has 0 radical (unpaired) electrons. The highest BCUT2D eigenvalue weighted by Crippen LogP contribution is 2.37. The number of nitro benzene ring substituents is 1. The first-order valence-electron chi connectivity index (χ1n) is 9.39. The van der Waals surface area contributed by atoms with E-state index in [-0.39, 0.29) is 36.1 Å². The molecule has 150 valence electrons. The number of ketones is 1. The Labute approximate surface area is 166 Å². The molecule has 0 spiro atoms. The first-order chi connectivity index (χ1) is 13.9. The maximum absolute atomic E-state index is 12.7. The standard InChI is InChI=1S/C21H19NO7/c1-12(20(23)15-6-5-13-3-2-4-14(13)9-15)29-21(24)16-10-18-19(28-8-7-27-18)11-17(16)22(25)26/h5-6,9-12H,2-4,7-8H2,1H3. The smallest absolute Gasteiger partial charge is 0.346 e. The van der Waals surface area contributed by atoms with Gasteiger partial charge in [-0.05, 0) is 43.4 Å². The number of rotatable bonds is 5. The number of benzene rings is 2. The van der Waals surface area contributed by atoms with Crippen molar-refractivity contribution < 1.29 is 28.7 Å². The van der Waals surface area contributed by atoms with Crippen molar-refractivity contribution in [3.63, 3.8) is 0 Å². The Morgan fingerprint density at radius 2 is 1.76 bits per heavy atom. The maximum atomic E-state index is 12.7. The topological polar surface area (TPSA) is 105 Å². The number of esters is 1. The van der Waals surface area contributed by atoms with Crippen molar-refractivity contribution in [2.45, 2.75) is 32.3 Å². The van der Waals surface area contributed by atoms with Gasteiger partial charge < -0.3 is 14.2 Å². The third kappa shape index (κ3) is 3.65. The van der Waals surface area contributed by atoms with Gasteiger partial charge >= 0.3 is 5.97 Å². The summed E-state index contributed by atoms with van der Waals surface area (Å²) in [7, 11) is 0. The van der Waals surface area contributed by atoms with Crippen LogP contribution in [0.4, 0.5) is 5.69 Å². The van der Waals surface area contributed by atoms with Crippen LogP contribution in [0, 0.1) is 10.1 Å². The van der Waals surface area contributed by atoms with Crippen LogP contribution in [0.25, 0.3) is 0 Å². The summed E-state index contributed by atoms with van der Waals surface area (Å²) in [4.78, 5) is 36.0. The maximum Gasteiger partial charge on any atom is 0.346 e. The minimum absolute atomic E-state index is 0.196. The number of nitro groups is 1. The molecule has 0 fully saturated rings. The molecule has 0 saturated carbocycles. The highest BCUT2D eigenvalue weighted by Gasteiger charge is 2.30. The van der Waals surface area contributed by atoms with Crippen LogP contribution in [0.15, 0.2) is 30.3 Å². The van der Waals surface area contributed by atoms with E-state index in [1.165, 1.54) is 18.6 Å². The van der Waals surface area contributed by atoms with Crippen molar-refractivity contribution in [3.8, 4) is 11.5 Å². The Bertz CT molecular complexity index is 1010. The molecule has 1 unspecified atom stereocenters. The lowest BCUT2D eigenvalue weighted by atomic mass is 10.0. The Balaban J connectivity index is 1.55. The van der Waals surface area contributed by atoms with Gasteiger partial charge in [-0.15, -0.1) is 0 Å². The molecule has 2 aromatic carbocycles. The number of fused-ring (bicyclic) bond motifs is 2. The molecule has 0 bridgehead atoms. The van der Waals surface area contributed by atoms with E-state index in [1.54, 1.807) is 6.07 Å². The van der Waals surface area contributed by atoms with Crippen molar-refractivity contribution in [2.24, 2.45) is 0 Å². The molecule has 1 heterocycles. The van der Waals surface area contributed by atoms with E-state index in [2.05, 4.69) is 0 Å². The van der Waals surface area contributed by atoms with Crippen molar-refractivity contribution in [3.05, 3.63) is 62.7 Å². The Morgan fingerprint density at radius 3 is 2.48 bits per heavy atom. The monoisotopic (exact) mass is 397 g/mol. The predicted octanol–water partition coefficient (Wildman–Crippen LogP) is 3.28. The Hall–Kier alpha value is -3.42. The molecule has 1 aliphatic heterocycles. The van der Waals surface area contributed by atoms with E-state index in [0.29, 0.717) is 5.56 Å². The van der Waals surface area contributed by atoms with Gasteiger partial charge in [0.15, 0.2) is 17.6 Å². The van der Waals surface area contributed by atoms with Gasteiger partial charge in [0.25, 0.3) is 5.69 Å². The first kappa shape index (κ1) is 18.9. The molecule has 1 aliphatic carbocycles. The van der Waals surface area contributed by atoms with E-state index in [1.807, 2.05) is 12.1 Å². The van der Waals surface area contributed by atoms with Gasteiger partial charge in [0.2, 0.25) is 5.78 Å². The molecule has 0 aromatic heterocycles. The van der Waals surface area contributed by atoms with Crippen LogP contribution in [-0.2, 0) is 17.6 Å². The molecular formula is C21H19NO7. The summed E-state index contributed by atoms with van der Waals surface area (Å²) < 4.78 is 16.0. The number of hydrogen-bond donors (Lipinski definition) is 0. The number of aryl methyl sites for hydroxylation is 2. The van der Waals surface area contributed by atoms with Crippen molar-refractivity contribution in [2.75, 3.05) is 13.2 Å². The van der Waals surface area contributed by atoms with E-state index in [4.69, 9.17) is 14.2 Å². The summed E-state index contributed by atoms with van der Waals surface area (Å²) in [6.07, 6.45) is 1.90. The highest BCUT2D eigenvalue weighted by molar-refractivity contribution is 6.02. The molecule has 1 atom stereocenters. The van der Waals surface area contributed by atoms with Gasteiger partial charge in [-0.2, -0.15) is 0 Å². The van der Waals surface area contributed by atoms with Crippen molar-refractivity contribution in [1.29, 1.82) is 0 Å². The molecule has 8 nitrogen and oxygen atoms in total. The van der Waals surface area contributed by atoms with Crippen LogP contribution in [0.3, 0.4) is 0 Å². The first-order valence-corrected chi connectivity index (χ1v) is 9.39. The second-order valence-electron chi connectivity index (χ2n) is 7.02. The third-order valence-corrected chi connectivity index (χ3v) is 5.11. The van der Waals surface area contributed by atoms with E-state index in [0.717, 1.165) is 30.9 Å². The van der Waals surface area contributed by atoms with Crippen molar-refractivity contribution >= 4 is 17.4 Å². The quantitative estimate of drug-likeness (QED) is 0.330. The summed E-state index contributed by atoms with van der Waals surface area (Å²) in [5, 5.41) is 11.4. The lowest BCUT2D eigenvalue weighted by Gasteiger charge is -2.19. The Morgan fingerprint density at radius 1 is 1.07 bits per heavy atom. The molecular weight excluding hydrogens is 378 g/mol. The van der Waals surface area contributed by atoms with Crippen LogP contribution < -0.4 is 9.47 Å². The summed E-state index contributed by atoms with van der Waals surface area (Å²) in [5.41, 5.74) is 2.09. The van der Waals surface area contributed by atoms with E-state index in [9.17, 15) is 19.7 Å². The van der Waals surface area contributed by atoms with Gasteiger partial charge in [0, 0.05) is 11.6 Å². The molecule has 8 heteroatoms. The lowest BCUT2D eigenvalue weighted by molar-refractivity contribution is -0.385. The fourth-order valence-electron chi connectivity index (χ4n) is 3.63. The average molecular weight is 397 g/mol. The number of Topliss-reactive ketones (excluding diaryl/α,β-unsaturated/α-hetero) is 1. The van der Waals surface area contributed by atoms with Crippen LogP contribution in [-0.4, -0.2) is 36.0 Å². The molecule has 2 aromatic rings. The summed E-state index contributed by atoms with van der Waals surface area (Å²) in [6, 6.07) is 7.85. The second-order valence-corrected chi connectivity index (χ2v) is 7.02. The Kier molecular flexibility index (Phi) is 4.92. The largest absolute Gasteiger partial charge is 0.486 e. The summed E-state index contributed by atoms with van der Waals surface area (Å²) in [6.45, 7) is 1.99. The minimum atomic E-state index is -1.09. The zero-order valence-corrected chi connectivity index (χ0v) is 15.8. The molecule has 0 N–H and O–H groups in total. The SMILES string of the molecule is CC(OC(=O)c1cc2c(cc1[N+](=O)[O-])OCCO2)C(=O)c1ccc2c(c1)CCC2. The van der Waals surface area contributed by atoms with E-state index >= 15 is 0 Å². The fraction of sp³-hybridized carbons (Fsp3) is 0.333. The number of ether oxygens (including phenoxy) is 3. The minimum Gasteiger partial charge on any atom is -0.486 e. The van der Waals surface area contributed by atoms with Crippen LogP contribution in [0.2, 0.25) is 0 Å². The summed E-state index contributed by atoms with van der Waals surface area (Å²) in [5.74, 6) is -0.892. The predicted molar refractivity (Wildman–Crippen MR) is 102 cm³/mol. The third-order valence-electron chi connectivity index (χ3n) is 5.11. The number of nitrogens with zero attached hydrogens (tertiary/aromatic N) is 1. The molecule has 4 rings (SSSR count). The average Bonchev–Trinajstić information content (AvgIpc) is 3.19. The summed E-state index contributed by atoms with van der Waals surface area (Å²) >= 11 is 0. The van der Waals surface area contributed by atoms with Gasteiger partial charge in [0.1, 0.15) is 18.8 Å².